The zero-order chi connectivity index (χ0) is 24.2. The molecule has 0 unspecified atom stereocenters. The van der Waals surface area contributed by atoms with E-state index in [1.807, 2.05) is 54.6 Å². The van der Waals surface area contributed by atoms with Gasteiger partial charge in [0, 0.05) is 5.02 Å². The first kappa shape index (κ1) is 26.0. The van der Waals surface area contributed by atoms with Crippen LogP contribution in [-0.4, -0.2) is 5.97 Å². The number of ether oxygens (including phenoxy) is 1. The van der Waals surface area contributed by atoms with Crippen LogP contribution in [0, 0.1) is 0 Å². The van der Waals surface area contributed by atoms with E-state index in [9.17, 15) is 4.79 Å². The minimum atomic E-state index is -0.346. The molecule has 3 aromatic carbocycles. The molecule has 0 amide bonds. The Morgan fingerprint density at radius 1 is 0.706 bits per heavy atom. The number of hydrogen-bond acceptors (Lipinski definition) is 2. The Balaban J connectivity index is 1.55. The monoisotopic (exact) mass is 476 g/mol. The predicted octanol–water partition coefficient (Wildman–Crippen LogP) is 9.47. The first-order valence-electron chi connectivity index (χ1n) is 12.8. The van der Waals surface area contributed by atoms with Gasteiger partial charge in [-0.3, -0.25) is 0 Å². The van der Waals surface area contributed by atoms with Crippen LogP contribution >= 0.6 is 11.6 Å². The van der Waals surface area contributed by atoms with Crippen molar-refractivity contribution >= 4 is 17.6 Å². The Bertz CT molecular complexity index is 1020. The molecule has 180 valence electrons. The van der Waals surface area contributed by atoms with Gasteiger partial charge in [0.2, 0.25) is 0 Å². The van der Waals surface area contributed by atoms with Gasteiger partial charge in [0.05, 0.1) is 5.56 Å². The fourth-order valence-corrected chi connectivity index (χ4v) is 4.39. The van der Waals surface area contributed by atoms with Gasteiger partial charge in [-0.15, -0.1) is 0 Å². The highest BCUT2D eigenvalue weighted by Gasteiger charge is 2.10. The minimum absolute atomic E-state index is 0.346. The maximum atomic E-state index is 12.6. The van der Waals surface area contributed by atoms with Crippen LogP contribution in [0.15, 0.2) is 66.7 Å². The Morgan fingerprint density at radius 3 is 2.00 bits per heavy atom. The Morgan fingerprint density at radius 2 is 1.32 bits per heavy atom. The summed E-state index contributed by atoms with van der Waals surface area (Å²) >= 11 is 6.56. The van der Waals surface area contributed by atoms with Crippen LogP contribution in [-0.2, 0) is 12.8 Å². The van der Waals surface area contributed by atoms with Gasteiger partial charge in [-0.1, -0.05) is 100 Å². The van der Waals surface area contributed by atoms with Crippen molar-refractivity contribution in [1.82, 2.24) is 0 Å². The third-order valence-corrected chi connectivity index (χ3v) is 6.61. The van der Waals surface area contributed by atoms with E-state index in [4.69, 9.17) is 16.3 Å². The van der Waals surface area contributed by atoms with E-state index in [0.717, 1.165) is 29.0 Å². The Hall–Kier alpha value is -2.58. The van der Waals surface area contributed by atoms with Crippen LogP contribution < -0.4 is 4.74 Å². The molecule has 3 heteroatoms. The molecule has 0 bridgehead atoms. The highest BCUT2D eigenvalue weighted by molar-refractivity contribution is 6.31. The summed E-state index contributed by atoms with van der Waals surface area (Å²) in [6.07, 6.45) is 12.0. The van der Waals surface area contributed by atoms with Gasteiger partial charge in [0.15, 0.2) is 0 Å². The molecule has 0 aliphatic rings. The van der Waals surface area contributed by atoms with E-state index >= 15 is 0 Å². The molecule has 0 heterocycles. The molecule has 0 saturated carbocycles. The van der Waals surface area contributed by atoms with Crippen LogP contribution in [0.5, 0.6) is 5.75 Å². The second-order valence-electron chi connectivity index (χ2n) is 9.04. The van der Waals surface area contributed by atoms with Crippen LogP contribution in [0.25, 0.3) is 11.1 Å². The molecule has 2 nitrogen and oxygen atoms in total. The van der Waals surface area contributed by atoms with Gasteiger partial charge in [-0.25, -0.2) is 4.79 Å². The third kappa shape index (κ3) is 8.02. The summed E-state index contributed by atoms with van der Waals surface area (Å²) in [4.78, 5) is 12.6. The van der Waals surface area contributed by atoms with Crippen LogP contribution in [0.4, 0.5) is 0 Å². The third-order valence-electron chi connectivity index (χ3n) is 6.26. The lowest BCUT2D eigenvalue weighted by atomic mass is 10.00. The van der Waals surface area contributed by atoms with E-state index in [-0.39, 0.29) is 5.97 Å². The van der Waals surface area contributed by atoms with Gasteiger partial charge >= 0.3 is 5.97 Å². The Labute approximate surface area is 210 Å². The maximum Gasteiger partial charge on any atom is 0.343 e. The molecule has 0 aromatic heterocycles. The molecule has 3 aromatic rings. The largest absolute Gasteiger partial charge is 0.423 e. The van der Waals surface area contributed by atoms with Crippen molar-refractivity contribution in [2.24, 2.45) is 0 Å². The minimum Gasteiger partial charge on any atom is -0.423 e. The number of esters is 1. The van der Waals surface area contributed by atoms with Crippen molar-refractivity contribution in [3.05, 3.63) is 88.4 Å². The predicted molar refractivity (Wildman–Crippen MR) is 144 cm³/mol. The Kier molecular flexibility index (Phi) is 10.7. The highest BCUT2D eigenvalue weighted by atomic mass is 35.5. The number of hydrogen-bond donors (Lipinski definition) is 0. The molecule has 0 spiro atoms. The van der Waals surface area contributed by atoms with Crippen molar-refractivity contribution in [1.29, 1.82) is 0 Å². The number of aryl methyl sites for hydroxylation is 2. The zero-order valence-corrected chi connectivity index (χ0v) is 21.4. The van der Waals surface area contributed by atoms with E-state index in [1.165, 1.54) is 62.5 Å². The van der Waals surface area contributed by atoms with E-state index in [2.05, 4.69) is 26.0 Å². The number of benzene rings is 3. The lowest BCUT2D eigenvalue weighted by molar-refractivity contribution is 0.0734. The molecule has 0 radical (unpaired) electrons. The van der Waals surface area contributed by atoms with Crippen molar-refractivity contribution in [2.75, 3.05) is 0 Å². The number of unbranched alkanes of at least 4 members (excludes halogenated alkanes) is 6. The molecule has 34 heavy (non-hydrogen) atoms. The van der Waals surface area contributed by atoms with Gasteiger partial charge < -0.3 is 4.74 Å². The second-order valence-corrected chi connectivity index (χ2v) is 9.45. The number of halogens is 1. The molecule has 0 aliphatic carbocycles. The normalized spacial score (nSPS) is 10.9. The topological polar surface area (TPSA) is 26.3 Å². The summed E-state index contributed by atoms with van der Waals surface area (Å²) in [5.74, 6) is 0.229. The summed E-state index contributed by atoms with van der Waals surface area (Å²) < 4.78 is 5.56. The highest BCUT2D eigenvalue weighted by Crippen LogP contribution is 2.27. The van der Waals surface area contributed by atoms with Gasteiger partial charge in [-0.2, -0.15) is 0 Å². The summed E-state index contributed by atoms with van der Waals surface area (Å²) in [6, 6.07) is 21.6. The summed E-state index contributed by atoms with van der Waals surface area (Å²) in [6.45, 7) is 4.44. The molecule has 0 atom stereocenters. The lowest BCUT2D eigenvalue weighted by Crippen LogP contribution is -2.08. The van der Waals surface area contributed by atoms with Gasteiger partial charge in [-0.05, 0) is 78.3 Å². The second kappa shape index (κ2) is 14.0. The zero-order valence-electron chi connectivity index (χ0n) is 20.6. The fourth-order valence-electron chi connectivity index (χ4n) is 4.12. The number of carbonyl (C=O) groups is 1. The van der Waals surface area contributed by atoms with E-state index in [0.29, 0.717) is 11.3 Å². The standard InChI is InChI=1S/C31H37ClO2/c1-3-5-7-8-10-12-26-17-20-28(23-30(26)32)25-15-18-27(19-16-25)31(33)34-29-21-13-24(14-22-29)11-9-6-4-2/h13-23H,3-12H2,1-2H3. The molecule has 0 fully saturated rings. The number of carbonyl (C=O) groups excluding carboxylic acids is 1. The van der Waals surface area contributed by atoms with E-state index < -0.39 is 0 Å². The quantitative estimate of drug-likeness (QED) is 0.139. The fraction of sp³-hybridized carbons (Fsp3) is 0.387. The first-order chi connectivity index (χ1) is 16.6. The molecular weight excluding hydrogens is 440 g/mol. The number of rotatable bonds is 13. The molecule has 0 saturated heterocycles. The average Bonchev–Trinajstić information content (AvgIpc) is 2.86. The molecule has 0 N–H and O–H groups in total. The van der Waals surface area contributed by atoms with Crippen molar-refractivity contribution < 1.29 is 9.53 Å². The van der Waals surface area contributed by atoms with Crippen LogP contribution in [0.1, 0.15) is 86.7 Å². The molecular formula is C31H37ClO2. The summed E-state index contributed by atoms with van der Waals surface area (Å²) in [5.41, 5.74) is 5.10. The van der Waals surface area contributed by atoms with E-state index in [1.54, 1.807) is 0 Å². The molecule has 3 rings (SSSR count). The maximum absolute atomic E-state index is 12.6. The summed E-state index contributed by atoms with van der Waals surface area (Å²) in [5, 5.41) is 0.814. The summed E-state index contributed by atoms with van der Waals surface area (Å²) in [7, 11) is 0. The average molecular weight is 477 g/mol. The lowest BCUT2D eigenvalue weighted by Gasteiger charge is -2.09. The first-order valence-corrected chi connectivity index (χ1v) is 13.2. The smallest absolute Gasteiger partial charge is 0.343 e. The van der Waals surface area contributed by atoms with Crippen LogP contribution in [0.2, 0.25) is 5.02 Å². The van der Waals surface area contributed by atoms with Crippen molar-refractivity contribution in [3.8, 4) is 16.9 Å². The van der Waals surface area contributed by atoms with Crippen LogP contribution in [0.3, 0.4) is 0 Å². The van der Waals surface area contributed by atoms with Crippen molar-refractivity contribution in [2.45, 2.75) is 78.1 Å². The van der Waals surface area contributed by atoms with Crippen molar-refractivity contribution in [3.63, 3.8) is 0 Å². The van der Waals surface area contributed by atoms with Gasteiger partial charge in [0.1, 0.15) is 5.75 Å². The SMILES string of the molecule is CCCCCCCc1ccc(-c2ccc(C(=O)Oc3ccc(CCCCC)cc3)cc2)cc1Cl. The van der Waals surface area contributed by atoms with Gasteiger partial charge in [0.25, 0.3) is 0 Å². The molecule has 0 aliphatic heterocycles.